The summed E-state index contributed by atoms with van der Waals surface area (Å²) in [4.78, 5) is 17.9. The summed E-state index contributed by atoms with van der Waals surface area (Å²) in [6.45, 7) is 0.666. The number of nitrogens with one attached hydrogen (secondary N) is 1. The van der Waals surface area contributed by atoms with Crippen LogP contribution in [0.1, 0.15) is 52.6 Å². The molecule has 5 nitrogen and oxygen atoms in total. The first-order valence-corrected chi connectivity index (χ1v) is 10.6. The molecule has 1 aromatic heterocycles. The first kappa shape index (κ1) is 19.9. The van der Waals surface area contributed by atoms with E-state index >= 15 is 0 Å². The third kappa shape index (κ3) is 3.53. The Morgan fingerprint density at radius 3 is 2.77 bits per heavy atom. The van der Waals surface area contributed by atoms with Crippen LogP contribution >= 0.6 is 0 Å². The van der Waals surface area contributed by atoms with Crippen molar-refractivity contribution in [1.82, 2.24) is 14.9 Å². The lowest BCUT2D eigenvalue weighted by atomic mass is 10.1. The zero-order valence-electron chi connectivity index (χ0n) is 16.9. The highest BCUT2D eigenvalue weighted by Crippen LogP contribution is 2.33. The molecular weight excluding hydrogens is 400 g/mol. The van der Waals surface area contributed by atoms with Crippen molar-refractivity contribution in [2.45, 2.75) is 50.8 Å². The second kappa shape index (κ2) is 7.89. The van der Waals surface area contributed by atoms with Gasteiger partial charge in [0.15, 0.2) is 11.6 Å². The molecule has 2 aliphatic rings. The van der Waals surface area contributed by atoms with Gasteiger partial charge in [-0.25, -0.2) is 13.8 Å². The van der Waals surface area contributed by atoms with Gasteiger partial charge in [-0.1, -0.05) is 30.7 Å². The van der Waals surface area contributed by atoms with Gasteiger partial charge < -0.3 is 15.0 Å². The van der Waals surface area contributed by atoms with Crippen LogP contribution in [0.3, 0.4) is 0 Å². The van der Waals surface area contributed by atoms with Gasteiger partial charge in [-0.05, 0) is 48.6 Å². The number of aliphatic hydroxyl groups is 1. The number of hydrogen-bond donors (Lipinski definition) is 2. The molecule has 2 heterocycles. The van der Waals surface area contributed by atoms with Crippen molar-refractivity contribution < 1.29 is 18.7 Å². The highest BCUT2D eigenvalue weighted by Gasteiger charge is 2.34. The Hall–Kier alpha value is -3.06. The second-order valence-corrected chi connectivity index (χ2v) is 8.24. The molecule has 0 saturated carbocycles. The average Bonchev–Trinajstić information content (AvgIpc) is 3.16. The van der Waals surface area contributed by atoms with E-state index in [-0.39, 0.29) is 5.91 Å². The summed E-state index contributed by atoms with van der Waals surface area (Å²) in [5.41, 5.74) is 3.46. The minimum atomic E-state index is -0.944. The van der Waals surface area contributed by atoms with E-state index in [0.717, 1.165) is 48.2 Å². The molecule has 0 radical (unpaired) electrons. The Morgan fingerprint density at radius 2 is 1.94 bits per heavy atom. The lowest BCUT2D eigenvalue weighted by molar-refractivity contribution is 0.0852. The lowest BCUT2D eigenvalue weighted by Gasteiger charge is -2.17. The number of fused-ring (bicyclic) bond motifs is 2. The summed E-state index contributed by atoms with van der Waals surface area (Å²) in [7, 11) is 0. The number of amides is 1. The topological polar surface area (TPSA) is 67.2 Å². The zero-order chi connectivity index (χ0) is 21.5. The predicted octanol–water partition coefficient (Wildman–Crippen LogP) is 3.94. The number of benzene rings is 2. The highest BCUT2D eigenvalue weighted by molar-refractivity contribution is 5.94. The third-order valence-electron chi connectivity index (χ3n) is 6.25. The molecule has 1 aliphatic carbocycles. The normalized spacial score (nSPS) is 20.1. The van der Waals surface area contributed by atoms with Crippen LogP contribution in [0.25, 0.3) is 11.4 Å². The minimum Gasteiger partial charge on any atom is -0.390 e. The van der Waals surface area contributed by atoms with Gasteiger partial charge in [-0.3, -0.25) is 4.79 Å². The van der Waals surface area contributed by atoms with Gasteiger partial charge >= 0.3 is 0 Å². The minimum absolute atomic E-state index is 0.290. The standard InChI is InChI=1S/C24H23F2N3O2/c25-17-10-9-15(12-18(17)26)23-27-22(19-8-2-1-5-11-29(19)23)24(31)28-21-16-7-4-3-6-14(16)13-20(21)30/h3-4,6-7,9-10,12,20-21,30H,1-2,5,8,11,13H2,(H,28,31)/t20-,21+/m1/s1. The Labute approximate surface area is 178 Å². The van der Waals surface area contributed by atoms with Crippen molar-refractivity contribution >= 4 is 5.91 Å². The number of nitrogens with zero attached hydrogens (tertiary/aromatic N) is 2. The van der Waals surface area contributed by atoms with E-state index in [1.54, 1.807) is 0 Å². The molecule has 2 N–H and O–H groups in total. The third-order valence-corrected chi connectivity index (χ3v) is 6.25. The van der Waals surface area contributed by atoms with E-state index in [1.165, 1.54) is 6.07 Å². The molecule has 1 aliphatic heterocycles. The van der Waals surface area contributed by atoms with Gasteiger partial charge in [0.05, 0.1) is 17.8 Å². The van der Waals surface area contributed by atoms with Gasteiger partial charge in [0.1, 0.15) is 11.5 Å². The number of imidazole rings is 1. The molecule has 0 unspecified atom stereocenters. The number of rotatable bonds is 3. The van der Waals surface area contributed by atoms with Gasteiger partial charge in [0.25, 0.3) is 5.91 Å². The fraction of sp³-hybridized carbons (Fsp3) is 0.333. The van der Waals surface area contributed by atoms with Gasteiger partial charge in [0.2, 0.25) is 0 Å². The number of carbonyl (C=O) groups is 1. The van der Waals surface area contributed by atoms with Crippen molar-refractivity contribution in [3.8, 4) is 11.4 Å². The molecule has 0 fully saturated rings. The summed E-state index contributed by atoms with van der Waals surface area (Å²) in [6, 6.07) is 10.9. The smallest absolute Gasteiger partial charge is 0.272 e. The van der Waals surface area contributed by atoms with Crippen molar-refractivity contribution in [2.24, 2.45) is 0 Å². The SMILES string of the molecule is O=C(N[C@H]1c2ccccc2C[C@H]1O)c1nc(-c2ccc(F)c(F)c2)n2c1CCCCC2. The molecular formula is C24H23F2N3O2. The van der Waals surface area contributed by atoms with Crippen molar-refractivity contribution in [3.05, 3.63) is 76.6 Å². The molecule has 0 spiro atoms. The molecule has 160 valence electrons. The van der Waals surface area contributed by atoms with Crippen LogP contribution in [0, 0.1) is 11.6 Å². The summed E-state index contributed by atoms with van der Waals surface area (Å²) in [5, 5.41) is 13.5. The number of carbonyl (C=O) groups excluding carboxylic acids is 1. The summed E-state index contributed by atoms with van der Waals surface area (Å²) < 4.78 is 29.3. The predicted molar refractivity (Wildman–Crippen MR) is 111 cm³/mol. The van der Waals surface area contributed by atoms with Crippen LogP contribution in [0.2, 0.25) is 0 Å². The van der Waals surface area contributed by atoms with Crippen LogP contribution in [-0.2, 0) is 19.4 Å². The molecule has 2 aromatic carbocycles. The highest BCUT2D eigenvalue weighted by atomic mass is 19.2. The average molecular weight is 423 g/mol. The molecule has 0 bridgehead atoms. The van der Waals surface area contributed by atoms with E-state index < -0.39 is 23.8 Å². The molecule has 3 aromatic rings. The van der Waals surface area contributed by atoms with Crippen molar-refractivity contribution in [2.75, 3.05) is 0 Å². The fourth-order valence-corrected chi connectivity index (χ4v) is 4.71. The second-order valence-electron chi connectivity index (χ2n) is 8.24. The molecule has 2 atom stereocenters. The van der Waals surface area contributed by atoms with E-state index in [9.17, 15) is 18.7 Å². The van der Waals surface area contributed by atoms with Crippen molar-refractivity contribution in [3.63, 3.8) is 0 Å². The van der Waals surface area contributed by atoms with E-state index in [1.807, 2.05) is 28.8 Å². The Kier molecular flexibility index (Phi) is 5.06. The first-order valence-electron chi connectivity index (χ1n) is 10.6. The maximum atomic E-state index is 13.9. The fourth-order valence-electron chi connectivity index (χ4n) is 4.71. The zero-order valence-corrected chi connectivity index (χ0v) is 16.9. The number of aromatic nitrogens is 2. The summed E-state index contributed by atoms with van der Waals surface area (Å²) in [6.07, 6.45) is 3.35. The maximum Gasteiger partial charge on any atom is 0.272 e. The van der Waals surface area contributed by atoms with Crippen LogP contribution in [0.4, 0.5) is 8.78 Å². The van der Waals surface area contributed by atoms with E-state index in [4.69, 9.17) is 0 Å². The van der Waals surface area contributed by atoms with E-state index in [0.29, 0.717) is 36.5 Å². The van der Waals surface area contributed by atoms with Crippen LogP contribution < -0.4 is 5.32 Å². The summed E-state index contributed by atoms with van der Waals surface area (Å²) >= 11 is 0. The van der Waals surface area contributed by atoms with Gasteiger partial charge in [0, 0.05) is 18.5 Å². The van der Waals surface area contributed by atoms with Gasteiger partial charge in [-0.15, -0.1) is 0 Å². The molecule has 5 rings (SSSR count). The largest absolute Gasteiger partial charge is 0.390 e. The quantitative estimate of drug-likeness (QED) is 0.671. The Morgan fingerprint density at radius 1 is 1.10 bits per heavy atom. The maximum absolute atomic E-state index is 13.9. The lowest BCUT2D eigenvalue weighted by Crippen LogP contribution is -2.34. The molecule has 7 heteroatoms. The number of halogens is 2. The van der Waals surface area contributed by atoms with Crippen LogP contribution in [0.5, 0.6) is 0 Å². The van der Waals surface area contributed by atoms with Crippen molar-refractivity contribution in [1.29, 1.82) is 0 Å². The van der Waals surface area contributed by atoms with Crippen LogP contribution in [-0.4, -0.2) is 26.7 Å². The Balaban J connectivity index is 1.52. The Bertz CT molecular complexity index is 1160. The molecule has 1 amide bonds. The number of hydrogen-bond acceptors (Lipinski definition) is 3. The molecule has 31 heavy (non-hydrogen) atoms. The molecule has 0 saturated heterocycles. The van der Waals surface area contributed by atoms with Crippen LogP contribution in [0.15, 0.2) is 42.5 Å². The summed E-state index contributed by atoms with van der Waals surface area (Å²) in [5.74, 6) is -1.76. The van der Waals surface area contributed by atoms with Gasteiger partial charge in [-0.2, -0.15) is 0 Å². The number of aliphatic hydroxyl groups excluding tert-OH is 1. The monoisotopic (exact) mass is 423 g/mol. The first-order chi connectivity index (χ1) is 15.0. The van der Waals surface area contributed by atoms with E-state index in [2.05, 4.69) is 10.3 Å².